The summed E-state index contributed by atoms with van der Waals surface area (Å²) in [4.78, 5) is 12.7. The number of hydrogen-bond acceptors (Lipinski definition) is 4. The molecule has 1 atom stereocenters. The van der Waals surface area contributed by atoms with Crippen molar-refractivity contribution in [1.29, 1.82) is 0 Å². The zero-order valence-electron chi connectivity index (χ0n) is 16.4. The Hall–Kier alpha value is -2.57. The van der Waals surface area contributed by atoms with Gasteiger partial charge in [-0.05, 0) is 43.2 Å². The van der Waals surface area contributed by atoms with E-state index in [9.17, 15) is 4.79 Å². The second kappa shape index (κ2) is 9.76. The first-order valence-electron chi connectivity index (χ1n) is 9.27. The maximum absolute atomic E-state index is 12.7. The van der Waals surface area contributed by atoms with E-state index in [1.165, 1.54) is 0 Å². The van der Waals surface area contributed by atoms with Crippen LogP contribution in [0.3, 0.4) is 0 Å². The lowest BCUT2D eigenvalue weighted by molar-refractivity contribution is 0.0937. The van der Waals surface area contributed by atoms with Crippen molar-refractivity contribution < 1.29 is 4.79 Å². The van der Waals surface area contributed by atoms with Crippen LogP contribution >= 0.6 is 23.4 Å². The Morgan fingerprint density at radius 2 is 1.97 bits per heavy atom. The molecule has 3 aromatic rings. The number of rotatable bonds is 8. The lowest BCUT2D eigenvalue weighted by Crippen LogP contribution is -2.29. The summed E-state index contributed by atoms with van der Waals surface area (Å²) < 4.78 is 1.98. The lowest BCUT2D eigenvalue weighted by Gasteiger charge is -2.16. The van der Waals surface area contributed by atoms with E-state index in [4.69, 9.17) is 11.6 Å². The quantitative estimate of drug-likeness (QED) is 0.396. The molecule has 0 radical (unpaired) electrons. The number of nitrogens with one attached hydrogen (secondary N) is 1. The van der Waals surface area contributed by atoms with Crippen LogP contribution in [0.4, 0.5) is 0 Å². The van der Waals surface area contributed by atoms with Crippen molar-refractivity contribution in [2.45, 2.75) is 37.3 Å². The molecule has 0 fully saturated rings. The van der Waals surface area contributed by atoms with Crippen LogP contribution in [0.15, 0.2) is 66.3 Å². The fourth-order valence-electron chi connectivity index (χ4n) is 2.92. The number of aromatic nitrogens is 3. The number of benzene rings is 2. The van der Waals surface area contributed by atoms with Gasteiger partial charge in [0.05, 0.1) is 6.04 Å². The van der Waals surface area contributed by atoms with Gasteiger partial charge in [0.25, 0.3) is 5.91 Å². The predicted molar refractivity (Wildman–Crippen MR) is 118 cm³/mol. The Morgan fingerprint density at radius 1 is 1.24 bits per heavy atom. The smallest absolute Gasteiger partial charge is 0.252 e. The van der Waals surface area contributed by atoms with Crippen LogP contribution in [0.1, 0.15) is 40.3 Å². The molecule has 0 unspecified atom stereocenters. The van der Waals surface area contributed by atoms with E-state index >= 15 is 0 Å². The van der Waals surface area contributed by atoms with Gasteiger partial charge in [-0.2, -0.15) is 0 Å². The summed E-state index contributed by atoms with van der Waals surface area (Å²) in [6, 6.07) is 15.0. The van der Waals surface area contributed by atoms with E-state index in [-0.39, 0.29) is 11.9 Å². The van der Waals surface area contributed by atoms with Crippen LogP contribution in [-0.4, -0.2) is 20.7 Å². The minimum Gasteiger partial charge on any atom is -0.342 e. The van der Waals surface area contributed by atoms with E-state index in [0.29, 0.717) is 23.0 Å². The van der Waals surface area contributed by atoms with E-state index in [2.05, 4.69) is 22.1 Å². The third-order valence-corrected chi connectivity index (χ3v) is 5.75. The molecule has 0 aliphatic heterocycles. The fourth-order valence-corrected chi connectivity index (χ4v) is 3.96. The van der Waals surface area contributed by atoms with Crippen LogP contribution in [0.25, 0.3) is 0 Å². The molecule has 0 saturated carbocycles. The molecule has 0 aliphatic carbocycles. The summed E-state index contributed by atoms with van der Waals surface area (Å²) in [5, 5.41) is 13.2. The van der Waals surface area contributed by atoms with E-state index in [1.54, 1.807) is 17.8 Å². The van der Waals surface area contributed by atoms with E-state index < -0.39 is 0 Å². The van der Waals surface area contributed by atoms with Crippen LogP contribution in [0.2, 0.25) is 5.02 Å². The van der Waals surface area contributed by atoms with Gasteiger partial charge < -0.3 is 9.88 Å². The molecule has 0 bridgehead atoms. The van der Waals surface area contributed by atoms with Gasteiger partial charge >= 0.3 is 0 Å². The molecule has 150 valence electrons. The van der Waals surface area contributed by atoms with Gasteiger partial charge in [-0.1, -0.05) is 59.8 Å². The van der Waals surface area contributed by atoms with Gasteiger partial charge in [0.1, 0.15) is 0 Å². The largest absolute Gasteiger partial charge is 0.342 e. The summed E-state index contributed by atoms with van der Waals surface area (Å²) in [6.45, 7) is 8.23. The molecule has 3 rings (SSSR count). The number of halogens is 1. The van der Waals surface area contributed by atoms with E-state index in [1.807, 2.05) is 66.9 Å². The molecule has 1 amide bonds. The SMILES string of the molecule is C=CCn1c(SCc2ccc(Cl)cc2)nnc1[C@@H](C)NC(=O)c1ccccc1C. The van der Waals surface area contributed by atoms with Gasteiger partial charge in [0.15, 0.2) is 11.0 Å². The molecule has 0 aliphatic rings. The average Bonchev–Trinajstić information content (AvgIpc) is 3.11. The number of allylic oxidation sites excluding steroid dienone is 1. The van der Waals surface area contributed by atoms with Crippen molar-refractivity contribution in [3.63, 3.8) is 0 Å². The Labute approximate surface area is 180 Å². The molecular formula is C22H23ClN4OS. The lowest BCUT2D eigenvalue weighted by atomic mass is 10.1. The predicted octanol–water partition coefficient (Wildman–Crippen LogP) is 5.21. The highest BCUT2D eigenvalue weighted by molar-refractivity contribution is 7.98. The highest BCUT2D eigenvalue weighted by Crippen LogP contribution is 2.25. The average molecular weight is 427 g/mol. The zero-order chi connectivity index (χ0) is 20.8. The second-order valence-electron chi connectivity index (χ2n) is 6.67. The molecule has 0 saturated heterocycles. The van der Waals surface area contributed by atoms with Crippen molar-refractivity contribution in [2.24, 2.45) is 0 Å². The Kier molecular flexibility index (Phi) is 7.12. The monoisotopic (exact) mass is 426 g/mol. The molecule has 0 spiro atoms. The number of amides is 1. The minimum absolute atomic E-state index is 0.126. The minimum atomic E-state index is -0.292. The van der Waals surface area contributed by atoms with Crippen LogP contribution in [0.5, 0.6) is 0 Å². The molecular weight excluding hydrogens is 404 g/mol. The van der Waals surface area contributed by atoms with Crippen LogP contribution in [-0.2, 0) is 12.3 Å². The maximum Gasteiger partial charge on any atom is 0.252 e. The summed E-state index contributed by atoms with van der Waals surface area (Å²) in [6.07, 6.45) is 1.80. The number of carbonyl (C=O) groups excluding carboxylic acids is 1. The fraction of sp³-hybridized carbons (Fsp3) is 0.227. The van der Waals surface area contributed by atoms with Gasteiger partial charge in [-0.15, -0.1) is 16.8 Å². The zero-order valence-corrected chi connectivity index (χ0v) is 18.0. The van der Waals surface area contributed by atoms with Crippen molar-refractivity contribution in [3.05, 3.63) is 88.7 Å². The maximum atomic E-state index is 12.7. The van der Waals surface area contributed by atoms with Gasteiger partial charge in [0, 0.05) is 22.9 Å². The van der Waals surface area contributed by atoms with E-state index in [0.717, 1.165) is 22.0 Å². The second-order valence-corrected chi connectivity index (χ2v) is 8.04. The molecule has 1 heterocycles. The molecule has 1 N–H and O–H groups in total. The Balaban J connectivity index is 1.74. The topological polar surface area (TPSA) is 59.8 Å². The van der Waals surface area contributed by atoms with Crippen LogP contribution in [0, 0.1) is 6.92 Å². The third kappa shape index (κ3) is 5.28. The van der Waals surface area contributed by atoms with Crippen molar-refractivity contribution in [1.82, 2.24) is 20.1 Å². The number of thioether (sulfide) groups is 1. The normalized spacial score (nSPS) is 11.8. The third-order valence-electron chi connectivity index (χ3n) is 4.46. The summed E-state index contributed by atoms with van der Waals surface area (Å²) in [5.74, 6) is 1.32. The summed E-state index contributed by atoms with van der Waals surface area (Å²) in [7, 11) is 0. The summed E-state index contributed by atoms with van der Waals surface area (Å²) in [5.41, 5.74) is 2.74. The first-order valence-corrected chi connectivity index (χ1v) is 10.6. The first kappa shape index (κ1) is 21.1. The van der Waals surface area contributed by atoms with Gasteiger partial charge in [-0.3, -0.25) is 4.79 Å². The molecule has 5 nitrogen and oxygen atoms in total. The van der Waals surface area contributed by atoms with Crippen molar-refractivity contribution in [2.75, 3.05) is 0 Å². The standard InChI is InChI=1S/C22H23ClN4OS/c1-4-13-27-20(16(3)24-21(28)19-8-6-5-7-15(19)2)25-26-22(27)29-14-17-9-11-18(23)12-10-17/h4-12,16H,1,13-14H2,2-3H3,(H,24,28)/t16-/m1/s1. The number of nitrogens with zero attached hydrogens (tertiary/aromatic N) is 3. The molecule has 7 heteroatoms. The number of hydrogen-bond donors (Lipinski definition) is 1. The number of carbonyl (C=O) groups is 1. The first-order chi connectivity index (χ1) is 14.0. The Bertz CT molecular complexity index is 1000. The van der Waals surface area contributed by atoms with Gasteiger partial charge in [0.2, 0.25) is 0 Å². The molecule has 29 heavy (non-hydrogen) atoms. The molecule has 1 aromatic heterocycles. The van der Waals surface area contributed by atoms with Gasteiger partial charge in [-0.25, -0.2) is 0 Å². The highest BCUT2D eigenvalue weighted by Gasteiger charge is 2.20. The highest BCUT2D eigenvalue weighted by atomic mass is 35.5. The van der Waals surface area contributed by atoms with Crippen molar-refractivity contribution in [3.8, 4) is 0 Å². The van der Waals surface area contributed by atoms with Crippen LogP contribution < -0.4 is 5.32 Å². The summed E-state index contributed by atoms with van der Waals surface area (Å²) >= 11 is 7.54. The molecule has 2 aromatic carbocycles. The number of aryl methyl sites for hydroxylation is 1. The van der Waals surface area contributed by atoms with Crippen molar-refractivity contribution >= 4 is 29.3 Å². The Morgan fingerprint density at radius 3 is 2.66 bits per heavy atom.